The average molecular weight is 554 g/mol. The van der Waals surface area contributed by atoms with Crippen molar-refractivity contribution in [2.45, 2.75) is 69.5 Å². The van der Waals surface area contributed by atoms with E-state index < -0.39 is 41.6 Å². The number of aryl methyl sites for hydroxylation is 1. The van der Waals surface area contributed by atoms with E-state index in [1.54, 1.807) is 9.80 Å². The van der Waals surface area contributed by atoms with Crippen molar-refractivity contribution in [2.24, 2.45) is 0 Å². The lowest BCUT2D eigenvalue weighted by molar-refractivity contribution is -0.143. The maximum Gasteiger partial charge on any atom is 0.416 e. The van der Waals surface area contributed by atoms with Crippen LogP contribution in [0.2, 0.25) is 0 Å². The summed E-state index contributed by atoms with van der Waals surface area (Å²) in [6, 6.07) is 5.10. The maximum atomic E-state index is 13.9. The summed E-state index contributed by atoms with van der Waals surface area (Å²) >= 11 is 0. The van der Waals surface area contributed by atoms with Gasteiger partial charge < -0.3 is 14.7 Å². The third-order valence-corrected chi connectivity index (χ3v) is 8.38. The second kappa shape index (κ2) is 9.75. The van der Waals surface area contributed by atoms with Crippen LogP contribution >= 0.6 is 0 Å². The highest BCUT2D eigenvalue weighted by molar-refractivity contribution is 5.81. The molecule has 2 aliphatic heterocycles. The van der Waals surface area contributed by atoms with Crippen LogP contribution in [0.25, 0.3) is 0 Å². The molecule has 2 saturated heterocycles. The predicted molar refractivity (Wildman–Crippen MR) is 131 cm³/mol. The van der Waals surface area contributed by atoms with Gasteiger partial charge in [0.1, 0.15) is 0 Å². The van der Waals surface area contributed by atoms with E-state index >= 15 is 0 Å². The van der Waals surface area contributed by atoms with E-state index in [0.29, 0.717) is 31.5 Å². The molecule has 3 amide bonds. The highest BCUT2D eigenvalue weighted by atomic mass is 19.4. The zero-order valence-electron chi connectivity index (χ0n) is 21.6. The van der Waals surface area contributed by atoms with Crippen LogP contribution in [0, 0.1) is 0 Å². The van der Waals surface area contributed by atoms with Gasteiger partial charge in [0.05, 0.1) is 29.3 Å². The topological polar surface area (TPSA) is 43.9 Å². The van der Waals surface area contributed by atoms with Crippen molar-refractivity contribution in [2.75, 3.05) is 20.1 Å². The van der Waals surface area contributed by atoms with Crippen LogP contribution in [-0.4, -0.2) is 52.8 Å². The first-order valence-corrected chi connectivity index (χ1v) is 13.0. The summed E-state index contributed by atoms with van der Waals surface area (Å²) in [5.41, 5.74) is 0.213. The normalized spacial score (nSPS) is 22.1. The largest absolute Gasteiger partial charge is 0.416 e. The second-order valence-electron chi connectivity index (χ2n) is 10.6. The summed E-state index contributed by atoms with van der Waals surface area (Å²) in [5, 5.41) is 0. The van der Waals surface area contributed by atoms with Gasteiger partial charge in [-0.2, -0.15) is 26.3 Å². The number of alkyl halides is 6. The van der Waals surface area contributed by atoms with Crippen LogP contribution in [-0.2, 0) is 30.0 Å². The summed E-state index contributed by atoms with van der Waals surface area (Å²) in [7, 11) is 1.39. The lowest BCUT2D eigenvalue weighted by atomic mass is 9.89. The van der Waals surface area contributed by atoms with E-state index in [1.807, 2.05) is 12.1 Å². The number of carbonyl (C=O) groups excluding carboxylic acids is 2. The Kier molecular flexibility index (Phi) is 6.83. The van der Waals surface area contributed by atoms with Crippen molar-refractivity contribution < 1.29 is 35.9 Å². The van der Waals surface area contributed by atoms with Crippen molar-refractivity contribution in [3.63, 3.8) is 0 Å². The number of urea groups is 1. The fraction of sp³-hybridized carbons (Fsp3) is 0.500. The van der Waals surface area contributed by atoms with Gasteiger partial charge in [-0.3, -0.25) is 4.79 Å². The Bertz CT molecular complexity index is 1260. The second-order valence-corrected chi connectivity index (χ2v) is 10.6. The van der Waals surface area contributed by atoms with Crippen molar-refractivity contribution in [3.05, 3.63) is 69.8 Å². The first-order valence-electron chi connectivity index (χ1n) is 13.0. The molecule has 210 valence electrons. The lowest BCUT2D eigenvalue weighted by Crippen LogP contribution is -2.57. The molecule has 1 aliphatic carbocycles. The Labute approximate surface area is 222 Å². The SMILES string of the molecule is C[C@H](c1cc(C(F)(F)F)cc(C(F)(F)F)c1)N(C)C(=O)N1CCN2C(=O)CC[C@H]2[C@@H]1c1cccc2c1CCC2. The maximum absolute atomic E-state index is 13.9. The Morgan fingerprint density at radius 3 is 2.28 bits per heavy atom. The molecular weight excluding hydrogens is 524 g/mol. The highest BCUT2D eigenvalue weighted by Crippen LogP contribution is 2.43. The van der Waals surface area contributed by atoms with Gasteiger partial charge in [0.25, 0.3) is 0 Å². The van der Waals surface area contributed by atoms with E-state index in [0.717, 1.165) is 30.4 Å². The van der Waals surface area contributed by atoms with Crippen LogP contribution < -0.4 is 0 Å². The standard InChI is InChI=1S/C28H29F6N3O2/c1-16(18-13-19(27(29,30)31)15-20(14-18)28(32,33)34)35(2)26(39)37-12-11-36-23(9-10-24(36)38)25(37)22-8-4-6-17-5-3-7-21(17)22/h4,6,8,13-16,23,25H,3,5,7,9-12H2,1-2H3/t16-,23+,25+/m1/s1. The number of amides is 3. The summed E-state index contributed by atoms with van der Waals surface area (Å²) in [5.74, 6) is 0.0232. The number of benzene rings is 2. The molecule has 2 heterocycles. The van der Waals surface area contributed by atoms with Crippen molar-refractivity contribution in [3.8, 4) is 0 Å². The van der Waals surface area contributed by atoms with Crippen LogP contribution in [0.5, 0.6) is 0 Å². The number of nitrogens with zero attached hydrogens (tertiary/aromatic N) is 3. The molecule has 0 N–H and O–H groups in total. The molecule has 3 atom stereocenters. The van der Waals surface area contributed by atoms with Crippen LogP contribution in [0.15, 0.2) is 36.4 Å². The molecule has 2 aromatic carbocycles. The Morgan fingerprint density at radius 2 is 1.64 bits per heavy atom. The molecule has 0 radical (unpaired) electrons. The van der Waals surface area contributed by atoms with Gasteiger partial charge in [0.15, 0.2) is 0 Å². The molecule has 11 heteroatoms. The van der Waals surface area contributed by atoms with Gasteiger partial charge >= 0.3 is 18.4 Å². The first kappa shape index (κ1) is 27.3. The smallest absolute Gasteiger partial charge is 0.335 e. The lowest BCUT2D eigenvalue weighted by Gasteiger charge is -2.47. The quantitative estimate of drug-likeness (QED) is 0.415. The minimum absolute atomic E-state index is 0.0232. The monoisotopic (exact) mass is 553 g/mol. The van der Waals surface area contributed by atoms with E-state index in [1.165, 1.54) is 24.4 Å². The number of hydrogen-bond donors (Lipinski definition) is 0. The summed E-state index contributed by atoms with van der Waals surface area (Å²) in [4.78, 5) is 31.1. The van der Waals surface area contributed by atoms with Crippen LogP contribution in [0.3, 0.4) is 0 Å². The third kappa shape index (κ3) is 4.96. The molecule has 0 spiro atoms. The molecule has 0 saturated carbocycles. The minimum Gasteiger partial charge on any atom is -0.335 e. The van der Waals surface area contributed by atoms with Crippen molar-refractivity contribution in [1.82, 2.24) is 14.7 Å². The zero-order chi connectivity index (χ0) is 28.3. The van der Waals surface area contributed by atoms with Gasteiger partial charge in [-0.1, -0.05) is 18.2 Å². The molecule has 0 unspecified atom stereocenters. The molecular formula is C28H29F6N3O2. The van der Waals surface area contributed by atoms with Crippen LogP contribution in [0.1, 0.15) is 71.7 Å². The van der Waals surface area contributed by atoms with Gasteiger partial charge in [0.2, 0.25) is 5.91 Å². The van der Waals surface area contributed by atoms with E-state index in [-0.39, 0.29) is 30.1 Å². The van der Waals surface area contributed by atoms with Gasteiger partial charge in [0, 0.05) is 26.6 Å². The molecule has 0 aromatic heterocycles. The Balaban J connectivity index is 1.50. The van der Waals surface area contributed by atoms with Crippen molar-refractivity contribution >= 4 is 11.9 Å². The molecule has 5 nitrogen and oxygen atoms in total. The predicted octanol–water partition coefficient (Wildman–Crippen LogP) is 6.37. The zero-order valence-corrected chi connectivity index (χ0v) is 21.6. The Morgan fingerprint density at radius 1 is 0.974 bits per heavy atom. The molecule has 0 bridgehead atoms. The third-order valence-electron chi connectivity index (χ3n) is 8.38. The average Bonchev–Trinajstić information content (AvgIpc) is 3.52. The molecule has 3 aliphatic rings. The highest BCUT2D eigenvalue weighted by Gasteiger charge is 2.47. The molecule has 5 rings (SSSR count). The number of hydrogen-bond acceptors (Lipinski definition) is 2. The number of fused-ring (bicyclic) bond motifs is 2. The van der Waals surface area contributed by atoms with Crippen LogP contribution in [0.4, 0.5) is 31.1 Å². The van der Waals surface area contributed by atoms with Gasteiger partial charge in [-0.05, 0) is 73.1 Å². The van der Waals surface area contributed by atoms with E-state index in [9.17, 15) is 35.9 Å². The fourth-order valence-corrected chi connectivity index (χ4v) is 6.27. The van der Waals surface area contributed by atoms with Crippen molar-refractivity contribution in [1.29, 1.82) is 0 Å². The molecule has 39 heavy (non-hydrogen) atoms. The Hall–Kier alpha value is -3.24. The number of carbonyl (C=O) groups is 2. The minimum atomic E-state index is -4.98. The molecule has 2 aromatic rings. The molecule has 2 fully saturated rings. The van der Waals surface area contributed by atoms with E-state index in [4.69, 9.17) is 0 Å². The fourth-order valence-electron chi connectivity index (χ4n) is 6.27. The van der Waals surface area contributed by atoms with Gasteiger partial charge in [-0.25, -0.2) is 4.79 Å². The van der Waals surface area contributed by atoms with Gasteiger partial charge in [-0.15, -0.1) is 0 Å². The summed E-state index contributed by atoms with van der Waals surface area (Å²) < 4.78 is 80.8. The summed E-state index contributed by atoms with van der Waals surface area (Å²) in [6.07, 6.45) is -6.28. The number of halogens is 6. The first-order chi connectivity index (χ1) is 18.3. The number of piperazine rings is 1. The summed E-state index contributed by atoms with van der Waals surface area (Å²) in [6.45, 7) is 1.95. The number of rotatable bonds is 3. The van der Waals surface area contributed by atoms with E-state index in [2.05, 4.69) is 6.07 Å².